The van der Waals surface area contributed by atoms with Crippen LogP contribution in [0.4, 0.5) is 5.69 Å². The van der Waals surface area contributed by atoms with Crippen LogP contribution in [0.15, 0.2) is 48.7 Å². The van der Waals surface area contributed by atoms with Crippen molar-refractivity contribution in [1.29, 1.82) is 0 Å². The van der Waals surface area contributed by atoms with Gasteiger partial charge >= 0.3 is 0 Å². The third-order valence-electron chi connectivity index (χ3n) is 5.61. The minimum atomic E-state index is -1.10. The second-order valence-corrected chi connectivity index (χ2v) is 7.94. The Balaban J connectivity index is 2.16. The average Bonchev–Trinajstić information content (AvgIpc) is 3.09. The second kappa shape index (κ2) is 7.77. The topological polar surface area (TPSA) is 50.9 Å². The predicted octanol–water partition coefficient (Wildman–Crippen LogP) is 5.54. The molecule has 1 unspecified atom stereocenters. The molecule has 2 N–H and O–H groups in total. The van der Waals surface area contributed by atoms with Gasteiger partial charge in [0.15, 0.2) is 0 Å². The maximum Gasteiger partial charge on any atom is 0.121 e. The van der Waals surface area contributed by atoms with Gasteiger partial charge in [-0.05, 0) is 42.0 Å². The van der Waals surface area contributed by atoms with E-state index in [-0.39, 0.29) is 5.41 Å². The number of aromatic nitrogens is 1. The highest BCUT2D eigenvalue weighted by Crippen LogP contribution is 2.43. The van der Waals surface area contributed by atoms with E-state index in [9.17, 15) is 4.55 Å². The summed E-state index contributed by atoms with van der Waals surface area (Å²) in [4.78, 5) is 3.43. The minimum absolute atomic E-state index is 0.0332. The summed E-state index contributed by atoms with van der Waals surface area (Å²) in [5, 5.41) is 1.20. The first-order chi connectivity index (χ1) is 12.6. The monoisotopic (exact) mass is 368 g/mol. The maximum atomic E-state index is 11.6. The van der Waals surface area contributed by atoms with Gasteiger partial charge < -0.3 is 9.54 Å². The molecule has 0 aliphatic rings. The molecule has 3 nitrogen and oxygen atoms in total. The van der Waals surface area contributed by atoms with Crippen LogP contribution in [0.25, 0.3) is 10.9 Å². The lowest BCUT2D eigenvalue weighted by atomic mass is 9.70. The molecule has 0 aliphatic carbocycles. The molecule has 1 atom stereocenters. The van der Waals surface area contributed by atoms with Gasteiger partial charge in [-0.3, -0.25) is 0 Å². The van der Waals surface area contributed by atoms with Gasteiger partial charge in [-0.1, -0.05) is 57.2 Å². The number of aromatic amines is 1. The molecular formula is C22H28N2OS. The van der Waals surface area contributed by atoms with Gasteiger partial charge in [0.1, 0.15) is 11.9 Å². The van der Waals surface area contributed by atoms with Crippen LogP contribution < -0.4 is 4.72 Å². The van der Waals surface area contributed by atoms with Gasteiger partial charge in [-0.25, -0.2) is 4.72 Å². The Morgan fingerprint density at radius 3 is 2.31 bits per heavy atom. The second-order valence-electron chi connectivity index (χ2n) is 6.83. The molecule has 0 fully saturated rings. The van der Waals surface area contributed by atoms with Crippen molar-refractivity contribution in [3.05, 3.63) is 65.4 Å². The molecule has 0 bridgehead atoms. The Morgan fingerprint density at radius 2 is 1.73 bits per heavy atom. The number of para-hydroxylation sites is 1. The largest absolute Gasteiger partial charge is 0.593 e. The molecule has 138 valence electrons. The summed E-state index contributed by atoms with van der Waals surface area (Å²) in [6.07, 6.45) is 6.90. The van der Waals surface area contributed by atoms with E-state index < -0.39 is 11.4 Å². The zero-order valence-electron chi connectivity index (χ0n) is 16.1. The van der Waals surface area contributed by atoms with Crippen LogP contribution in [-0.2, 0) is 23.2 Å². The third kappa shape index (κ3) is 3.24. The van der Waals surface area contributed by atoms with Crippen molar-refractivity contribution in [1.82, 2.24) is 4.98 Å². The number of benzene rings is 2. The fourth-order valence-corrected chi connectivity index (χ4v) is 4.52. The SMILES string of the molecule is CCc1ccc(C(CC)(CC)c2c[nH]c3c(N[S+](C)[O-])cccc23)cc1. The fourth-order valence-electron chi connectivity index (χ4n) is 4.04. The number of H-pyrrole nitrogens is 1. The Kier molecular flexibility index (Phi) is 5.64. The number of aryl methyl sites for hydroxylation is 1. The highest BCUT2D eigenvalue weighted by atomic mass is 32.2. The Labute approximate surface area is 159 Å². The van der Waals surface area contributed by atoms with Crippen LogP contribution in [0.5, 0.6) is 0 Å². The summed E-state index contributed by atoms with van der Waals surface area (Å²) >= 11 is -1.10. The zero-order valence-corrected chi connectivity index (χ0v) is 16.9. The fraction of sp³-hybridized carbons (Fsp3) is 0.364. The predicted molar refractivity (Wildman–Crippen MR) is 113 cm³/mol. The Bertz CT molecular complexity index is 863. The lowest BCUT2D eigenvalue weighted by Gasteiger charge is -2.33. The molecule has 26 heavy (non-hydrogen) atoms. The number of nitrogens with one attached hydrogen (secondary N) is 2. The Hall–Kier alpha value is -1.91. The third-order valence-corrected chi connectivity index (χ3v) is 6.11. The van der Waals surface area contributed by atoms with Gasteiger partial charge in [0.2, 0.25) is 0 Å². The summed E-state index contributed by atoms with van der Waals surface area (Å²) in [6.45, 7) is 6.71. The van der Waals surface area contributed by atoms with Crippen LogP contribution >= 0.6 is 0 Å². The number of anilines is 1. The quantitative estimate of drug-likeness (QED) is 0.538. The molecule has 4 heteroatoms. The lowest BCUT2D eigenvalue weighted by molar-refractivity contribution is 0.482. The maximum absolute atomic E-state index is 11.6. The van der Waals surface area contributed by atoms with Crippen molar-refractivity contribution in [2.24, 2.45) is 0 Å². The Morgan fingerprint density at radius 1 is 1.04 bits per heavy atom. The molecule has 0 radical (unpaired) electrons. The van der Waals surface area contributed by atoms with Crippen molar-refractivity contribution in [3.8, 4) is 0 Å². The number of hydrogen-bond donors (Lipinski definition) is 2. The van der Waals surface area contributed by atoms with Crippen molar-refractivity contribution < 1.29 is 4.55 Å². The highest BCUT2D eigenvalue weighted by Gasteiger charge is 2.33. The molecular weight excluding hydrogens is 340 g/mol. The summed E-state index contributed by atoms with van der Waals surface area (Å²) < 4.78 is 14.7. The zero-order chi connectivity index (χ0) is 18.7. The molecule has 1 aromatic heterocycles. The number of rotatable bonds is 7. The molecule has 2 aromatic carbocycles. The van der Waals surface area contributed by atoms with Crippen LogP contribution in [-0.4, -0.2) is 15.8 Å². The molecule has 3 rings (SSSR count). The van der Waals surface area contributed by atoms with E-state index in [0.717, 1.165) is 30.5 Å². The summed E-state index contributed by atoms with van der Waals surface area (Å²) in [7, 11) is 0. The molecule has 0 saturated heterocycles. The smallest absolute Gasteiger partial charge is 0.121 e. The van der Waals surface area contributed by atoms with Gasteiger partial charge in [0.25, 0.3) is 0 Å². The van der Waals surface area contributed by atoms with Crippen molar-refractivity contribution >= 4 is 28.0 Å². The molecule has 0 amide bonds. The van der Waals surface area contributed by atoms with Crippen molar-refractivity contribution in [3.63, 3.8) is 0 Å². The van der Waals surface area contributed by atoms with Crippen LogP contribution in [0.3, 0.4) is 0 Å². The molecule has 0 saturated carbocycles. The van der Waals surface area contributed by atoms with Crippen LogP contribution in [0, 0.1) is 0 Å². The number of fused-ring (bicyclic) bond motifs is 1. The van der Waals surface area contributed by atoms with Crippen molar-refractivity contribution in [2.45, 2.75) is 45.4 Å². The van der Waals surface area contributed by atoms with E-state index in [1.54, 1.807) is 6.26 Å². The first kappa shape index (κ1) is 18.9. The van der Waals surface area contributed by atoms with Crippen LogP contribution in [0.2, 0.25) is 0 Å². The van der Waals surface area contributed by atoms with Crippen molar-refractivity contribution in [2.75, 3.05) is 11.0 Å². The van der Waals surface area contributed by atoms with E-state index in [1.807, 2.05) is 12.1 Å². The molecule has 0 aliphatic heterocycles. The molecule has 0 spiro atoms. The molecule has 3 aromatic rings. The summed E-state index contributed by atoms with van der Waals surface area (Å²) in [5.74, 6) is 0. The normalized spacial score (nSPS) is 13.1. The van der Waals surface area contributed by atoms with E-state index in [4.69, 9.17) is 0 Å². The van der Waals surface area contributed by atoms with Gasteiger partial charge in [0.05, 0.1) is 16.9 Å². The number of hydrogen-bond acceptors (Lipinski definition) is 2. The van der Waals surface area contributed by atoms with E-state index >= 15 is 0 Å². The standard InChI is InChI=1S/C22H28N2OS/c1-5-16-11-13-17(14-12-16)22(6-2,7-3)19-15-23-21-18(19)9-8-10-20(21)24-26(4)25/h8-15,23-24H,5-7H2,1-4H3. The average molecular weight is 369 g/mol. The van der Waals surface area contributed by atoms with E-state index in [2.05, 4.69) is 67.0 Å². The van der Waals surface area contributed by atoms with Crippen LogP contribution in [0.1, 0.15) is 50.3 Å². The van der Waals surface area contributed by atoms with Gasteiger partial charge in [-0.15, -0.1) is 0 Å². The first-order valence-electron chi connectivity index (χ1n) is 9.35. The minimum Gasteiger partial charge on any atom is -0.593 e. The van der Waals surface area contributed by atoms with Gasteiger partial charge in [0, 0.05) is 17.0 Å². The first-order valence-corrected chi connectivity index (χ1v) is 10.9. The summed E-state index contributed by atoms with van der Waals surface area (Å²) in [6, 6.07) is 15.2. The van der Waals surface area contributed by atoms with E-state index in [0.29, 0.717) is 0 Å². The lowest BCUT2D eigenvalue weighted by Crippen LogP contribution is -2.25. The van der Waals surface area contributed by atoms with E-state index in [1.165, 1.54) is 22.1 Å². The molecule has 1 heterocycles. The van der Waals surface area contributed by atoms with Gasteiger partial charge in [-0.2, -0.15) is 0 Å². The summed E-state index contributed by atoms with van der Waals surface area (Å²) in [5.41, 5.74) is 5.91. The highest BCUT2D eigenvalue weighted by molar-refractivity contribution is 7.92.